The number of nitrogens with zero attached hydrogens (tertiary/aromatic N) is 1. The third-order valence-electron chi connectivity index (χ3n) is 3.65. The van der Waals surface area contributed by atoms with Crippen LogP contribution in [0.1, 0.15) is 12.0 Å². The number of halogens is 4. The number of benzene rings is 2. The van der Waals surface area contributed by atoms with Crippen molar-refractivity contribution in [3.8, 4) is 11.5 Å². The molecule has 0 saturated carbocycles. The summed E-state index contributed by atoms with van der Waals surface area (Å²) < 4.78 is 48.4. The zero-order valence-corrected chi connectivity index (χ0v) is 19.0. The fraction of sp³-hybridized carbons (Fsp3) is 0.278. The first-order valence-corrected chi connectivity index (χ1v) is 8.80. The summed E-state index contributed by atoms with van der Waals surface area (Å²) in [4.78, 5) is 20.8. The maximum absolute atomic E-state index is 12.7. The van der Waals surface area contributed by atoms with Gasteiger partial charge in [-0.2, -0.15) is 13.2 Å². The second-order valence-corrected chi connectivity index (χ2v) is 6.29. The Morgan fingerprint density at radius 3 is 2.48 bits per heavy atom. The van der Waals surface area contributed by atoms with E-state index in [1.165, 1.54) is 18.2 Å². The Morgan fingerprint density at radius 1 is 1.19 bits per heavy atom. The molecule has 0 saturated heterocycles. The SMILES string of the molecule is O=C([O-])COCCCNc1cc(Oc2ccc(C(F)(F)F)cc2Cl)ccc1[N+](=O)[O-].[Na+]. The van der Waals surface area contributed by atoms with Crippen LogP contribution in [-0.2, 0) is 15.7 Å². The second-order valence-electron chi connectivity index (χ2n) is 5.89. The number of carboxylic acid groups (broad SMARTS) is 1. The van der Waals surface area contributed by atoms with Crippen LogP contribution in [0.2, 0.25) is 5.02 Å². The standard InChI is InChI=1S/C18H16ClF3N2O6.Na/c19-13-8-11(18(20,21)22)2-5-16(13)30-12-3-4-15(24(27)28)14(9-12)23-6-1-7-29-10-17(25)26;/h2-5,8-9,23H,1,6-7,10H2,(H,25,26);/q;+1/p-1. The first-order valence-electron chi connectivity index (χ1n) is 8.42. The van der Waals surface area contributed by atoms with Crippen molar-refractivity contribution < 1.29 is 67.0 Å². The van der Waals surface area contributed by atoms with Crippen LogP contribution in [-0.4, -0.2) is 30.7 Å². The number of aliphatic carboxylic acids is 1. The first-order chi connectivity index (χ1) is 14.1. The van der Waals surface area contributed by atoms with E-state index < -0.39 is 29.2 Å². The number of carbonyl (C=O) groups is 1. The van der Waals surface area contributed by atoms with Gasteiger partial charge in [-0.25, -0.2) is 0 Å². The molecule has 0 fully saturated rings. The van der Waals surface area contributed by atoms with Crippen molar-refractivity contribution in [2.24, 2.45) is 0 Å². The molecule has 0 bridgehead atoms. The van der Waals surface area contributed by atoms with Crippen LogP contribution in [0, 0.1) is 10.1 Å². The molecule has 0 unspecified atom stereocenters. The van der Waals surface area contributed by atoms with Gasteiger partial charge in [0.05, 0.1) is 28.1 Å². The topological polar surface area (TPSA) is 114 Å². The summed E-state index contributed by atoms with van der Waals surface area (Å²) in [5.41, 5.74) is -1.09. The fourth-order valence-corrected chi connectivity index (χ4v) is 2.54. The quantitative estimate of drug-likeness (QED) is 0.234. The van der Waals surface area contributed by atoms with E-state index in [4.69, 9.17) is 21.1 Å². The van der Waals surface area contributed by atoms with Crippen molar-refractivity contribution >= 4 is 28.9 Å². The Morgan fingerprint density at radius 2 is 1.90 bits per heavy atom. The number of ether oxygens (including phenoxy) is 2. The van der Waals surface area contributed by atoms with Crippen LogP contribution in [0.4, 0.5) is 24.5 Å². The molecule has 31 heavy (non-hydrogen) atoms. The largest absolute Gasteiger partial charge is 1.00 e. The zero-order valence-electron chi connectivity index (χ0n) is 16.2. The maximum Gasteiger partial charge on any atom is 1.00 e. The molecule has 0 aromatic heterocycles. The van der Waals surface area contributed by atoms with Gasteiger partial charge in [0.15, 0.2) is 0 Å². The number of hydrogen-bond acceptors (Lipinski definition) is 7. The van der Waals surface area contributed by atoms with Gasteiger partial charge in [0.1, 0.15) is 17.2 Å². The Bertz CT molecular complexity index is 930. The van der Waals surface area contributed by atoms with E-state index in [1.54, 1.807) is 0 Å². The molecular formula is C18H15ClF3N2NaO6. The summed E-state index contributed by atoms with van der Waals surface area (Å²) in [5, 5.41) is 24.0. The summed E-state index contributed by atoms with van der Waals surface area (Å²) in [6.07, 6.45) is -4.21. The van der Waals surface area contributed by atoms with E-state index in [-0.39, 0.29) is 70.6 Å². The molecule has 0 aliphatic rings. The Labute approximate surface area is 201 Å². The normalized spacial score (nSPS) is 10.8. The van der Waals surface area contributed by atoms with E-state index in [0.717, 1.165) is 12.1 Å². The Hall–Kier alpha value is -2.05. The van der Waals surface area contributed by atoms with Gasteiger partial charge < -0.3 is 24.7 Å². The van der Waals surface area contributed by atoms with E-state index in [9.17, 15) is 33.2 Å². The minimum Gasteiger partial charge on any atom is -0.548 e. The summed E-state index contributed by atoms with van der Waals surface area (Å²) in [6, 6.07) is 6.32. The van der Waals surface area contributed by atoms with Gasteiger partial charge in [0.25, 0.3) is 5.69 Å². The minimum absolute atomic E-state index is 0. The van der Waals surface area contributed by atoms with Crippen LogP contribution in [0.3, 0.4) is 0 Å². The number of nitro groups is 1. The van der Waals surface area contributed by atoms with Crippen molar-refractivity contribution in [1.29, 1.82) is 0 Å². The number of hydrogen-bond donors (Lipinski definition) is 1. The van der Waals surface area contributed by atoms with Gasteiger partial charge in [-0.05, 0) is 30.7 Å². The van der Waals surface area contributed by atoms with Crippen LogP contribution in [0.5, 0.6) is 11.5 Å². The van der Waals surface area contributed by atoms with Gasteiger partial charge >= 0.3 is 35.7 Å². The molecule has 2 rings (SSSR count). The third-order valence-corrected chi connectivity index (χ3v) is 3.95. The van der Waals surface area contributed by atoms with Gasteiger partial charge in [-0.15, -0.1) is 0 Å². The molecular weight excluding hydrogens is 456 g/mol. The van der Waals surface area contributed by atoms with E-state index in [2.05, 4.69) is 5.32 Å². The zero-order chi connectivity index (χ0) is 22.3. The monoisotopic (exact) mass is 470 g/mol. The van der Waals surface area contributed by atoms with Gasteiger partial charge in [-0.3, -0.25) is 10.1 Å². The number of alkyl halides is 3. The van der Waals surface area contributed by atoms with Crippen LogP contribution in [0.25, 0.3) is 0 Å². The number of carboxylic acids is 1. The third kappa shape index (κ3) is 8.54. The fourth-order valence-electron chi connectivity index (χ4n) is 2.32. The summed E-state index contributed by atoms with van der Waals surface area (Å²) in [6.45, 7) is -0.248. The molecule has 8 nitrogen and oxygen atoms in total. The molecule has 0 spiro atoms. The molecule has 162 valence electrons. The van der Waals surface area contributed by atoms with Crippen molar-refractivity contribution in [3.05, 3.63) is 57.1 Å². The van der Waals surface area contributed by atoms with Gasteiger partial charge in [0, 0.05) is 25.3 Å². The minimum atomic E-state index is -4.56. The molecule has 2 aromatic rings. The number of nitro benzene ring substituents is 1. The van der Waals surface area contributed by atoms with E-state index >= 15 is 0 Å². The molecule has 0 atom stereocenters. The molecule has 0 radical (unpaired) electrons. The molecule has 0 aliphatic heterocycles. The van der Waals surface area contributed by atoms with Crippen molar-refractivity contribution in [1.82, 2.24) is 0 Å². The summed E-state index contributed by atoms with van der Waals surface area (Å²) in [7, 11) is 0. The van der Waals surface area contributed by atoms with Crippen molar-refractivity contribution in [2.75, 3.05) is 25.1 Å². The Balaban J connectivity index is 0.00000480. The molecule has 0 heterocycles. The van der Waals surface area contributed by atoms with Crippen molar-refractivity contribution in [2.45, 2.75) is 12.6 Å². The molecule has 2 aromatic carbocycles. The summed E-state index contributed by atoms with van der Waals surface area (Å²) >= 11 is 5.85. The molecule has 0 aliphatic carbocycles. The maximum atomic E-state index is 12.7. The number of nitrogens with one attached hydrogen (secondary N) is 1. The number of rotatable bonds is 10. The van der Waals surface area contributed by atoms with Crippen LogP contribution >= 0.6 is 11.6 Å². The van der Waals surface area contributed by atoms with Gasteiger partial charge in [-0.1, -0.05) is 11.6 Å². The predicted molar refractivity (Wildman–Crippen MR) is 98.6 cm³/mol. The second kappa shape index (κ2) is 12.1. The van der Waals surface area contributed by atoms with E-state index in [1.807, 2.05) is 0 Å². The molecule has 1 N–H and O–H groups in total. The Kier molecular flexibility index (Phi) is 10.5. The van der Waals surface area contributed by atoms with Crippen LogP contribution in [0.15, 0.2) is 36.4 Å². The first kappa shape index (κ1) is 27.0. The van der Waals surface area contributed by atoms with Crippen molar-refractivity contribution in [3.63, 3.8) is 0 Å². The average Bonchev–Trinajstić information content (AvgIpc) is 2.65. The predicted octanol–water partition coefficient (Wildman–Crippen LogP) is 0.632. The van der Waals surface area contributed by atoms with Crippen LogP contribution < -0.4 is 44.7 Å². The number of carbonyl (C=O) groups excluding carboxylic acids is 1. The smallest absolute Gasteiger partial charge is 0.548 e. The summed E-state index contributed by atoms with van der Waals surface area (Å²) in [5.74, 6) is -1.30. The molecule has 13 heteroatoms. The van der Waals surface area contributed by atoms with Gasteiger partial charge in [0.2, 0.25) is 0 Å². The number of anilines is 1. The average molecular weight is 471 g/mol. The van der Waals surface area contributed by atoms with E-state index in [0.29, 0.717) is 12.5 Å². The molecule has 0 amide bonds.